The minimum absolute atomic E-state index is 0.609. The van der Waals surface area contributed by atoms with Gasteiger partial charge in [-0.1, -0.05) is 12.1 Å². The third-order valence-corrected chi connectivity index (χ3v) is 3.40. The van der Waals surface area contributed by atoms with E-state index in [4.69, 9.17) is 5.73 Å². The predicted octanol–water partition coefficient (Wildman–Crippen LogP) is 1.93. The molecule has 0 bridgehead atoms. The van der Waals surface area contributed by atoms with Crippen molar-refractivity contribution in [2.75, 3.05) is 17.2 Å². The average Bonchev–Trinajstić information content (AvgIpc) is 2.39. The third kappa shape index (κ3) is 1.90. The van der Waals surface area contributed by atoms with Crippen molar-refractivity contribution < 1.29 is 0 Å². The summed E-state index contributed by atoms with van der Waals surface area (Å²) in [6.45, 7) is 3.89. The molecule has 1 aromatic carbocycles. The van der Waals surface area contributed by atoms with Crippen LogP contribution in [0.3, 0.4) is 0 Å². The van der Waals surface area contributed by atoms with Gasteiger partial charge in [0.05, 0.1) is 5.69 Å². The Morgan fingerprint density at radius 2 is 2.17 bits per heavy atom. The maximum Gasteiger partial charge on any atom is 0.132 e. The lowest BCUT2D eigenvalue weighted by molar-refractivity contribution is 0.708. The fourth-order valence-electron chi connectivity index (χ4n) is 2.41. The number of aromatic nitrogens is 2. The number of hydrogen-bond acceptors (Lipinski definition) is 4. The van der Waals surface area contributed by atoms with Crippen LogP contribution in [0.5, 0.6) is 0 Å². The molecule has 2 N–H and O–H groups in total. The molecule has 1 aromatic heterocycles. The molecule has 18 heavy (non-hydrogen) atoms. The largest absolute Gasteiger partial charge is 0.383 e. The fraction of sp³-hybridized carbons (Fsp3) is 0.286. The fourth-order valence-corrected chi connectivity index (χ4v) is 2.41. The van der Waals surface area contributed by atoms with E-state index < -0.39 is 0 Å². The van der Waals surface area contributed by atoms with Crippen molar-refractivity contribution in [3.05, 3.63) is 47.4 Å². The molecule has 0 fully saturated rings. The van der Waals surface area contributed by atoms with Gasteiger partial charge in [-0.3, -0.25) is 0 Å². The molecule has 4 nitrogen and oxygen atoms in total. The molecule has 3 rings (SSSR count). The number of nitrogen functional groups attached to an aromatic ring is 1. The maximum absolute atomic E-state index is 5.93. The van der Waals surface area contributed by atoms with Gasteiger partial charge in [-0.05, 0) is 24.6 Å². The Bertz CT molecular complexity index is 580. The smallest absolute Gasteiger partial charge is 0.132 e. The summed E-state index contributed by atoms with van der Waals surface area (Å²) in [5.41, 5.74) is 10.6. The van der Waals surface area contributed by atoms with E-state index in [0.29, 0.717) is 5.82 Å². The van der Waals surface area contributed by atoms with Gasteiger partial charge in [0.25, 0.3) is 0 Å². The van der Waals surface area contributed by atoms with Crippen molar-refractivity contribution in [1.82, 2.24) is 9.97 Å². The molecule has 1 aliphatic heterocycles. The SMILES string of the molecule is Cc1cccc(N2CCc3ncnc(N)c3C2)c1. The lowest BCUT2D eigenvalue weighted by Gasteiger charge is -2.30. The molecular weight excluding hydrogens is 224 g/mol. The minimum atomic E-state index is 0.609. The standard InChI is InChI=1S/C14H16N4/c1-10-3-2-4-11(7-10)18-6-5-13-12(8-18)14(15)17-9-16-13/h2-4,7,9H,5-6,8H2,1H3,(H2,15,16,17). The highest BCUT2D eigenvalue weighted by molar-refractivity contribution is 5.53. The molecular formula is C14H16N4. The molecule has 4 heteroatoms. The molecule has 1 aliphatic rings. The maximum atomic E-state index is 5.93. The molecule has 0 saturated carbocycles. The van der Waals surface area contributed by atoms with Gasteiger partial charge < -0.3 is 10.6 Å². The number of nitrogens with two attached hydrogens (primary N) is 1. The van der Waals surface area contributed by atoms with Crippen LogP contribution in [-0.2, 0) is 13.0 Å². The second-order valence-corrected chi connectivity index (χ2v) is 4.69. The zero-order chi connectivity index (χ0) is 12.5. The number of aryl methyl sites for hydroxylation is 1. The van der Waals surface area contributed by atoms with Gasteiger partial charge in [0, 0.05) is 30.8 Å². The van der Waals surface area contributed by atoms with Gasteiger partial charge in [0.2, 0.25) is 0 Å². The summed E-state index contributed by atoms with van der Waals surface area (Å²) in [5, 5.41) is 0. The molecule has 92 valence electrons. The van der Waals surface area contributed by atoms with Gasteiger partial charge in [-0.15, -0.1) is 0 Å². The van der Waals surface area contributed by atoms with Crippen LogP contribution >= 0.6 is 0 Å². The summed E-state index contributed by atoms with van der Waals surface area (Å²) in [6.07, 6.45) is 2.48. The topological polar surface area (TPSA) is 55.0 Å². The number of fused-ring (bicyclic) bond motifs is 1. The third-order valence-electron chi connectivity index (χ3n) is 3.40. The van der Waals surface area contributed by atoms with E-state index in [1.54, 1.807) is 6.33 Å². The van der Waals surface area contributed by atoms with Crippen molar-refractivity contribution in [2.24, 2.45) is 0 Å². The number of hydrogen-bond donors (Lipinski definition) is 1. The predicted molar refractivity (Wildman–Crippen MR) is 72.4 cm³/mol. The monoisotopic (exact) mass is 240 g/mol. The number of nitrogens with zero attached hydrogens (tertiary/aromatic N) is 3. The lowest BCUT2D eigenvalue weighted by atomic mass is 10.1. The molecule has 0 amide bonds. The van der Waals surface area contributed by atoms with Crippen molar-refractivity contribution in [3.8, 4) is 0 Å². The van der Waals surface area contributed by atoms with E-state index in [1.165, 1.54) is 11.3 Å². The molecule has 0 aliphatic carbocycles. The molecule has 2 aromatic rings. The highest BCUT2D eigenvalue weighted by atomic mass is 15.1. The van der Waals surface area contributed by atoms with Gasteiger partial charge in [-0.25, -0.2) is 9.97 Å². The summed E-state index contributed by atoms with van der Waals surface area (Å²) in [6, 6.07) is 8.53. The highest BCUT2D eigenvalue weighted by Crippen LogP contribution is 2.26. The van der Waals surface area contributed by atoms with Crippen molar-refractivity contribution >= 4 is 11.5 Å². The normalized spacial score (nSPS) is 14.4. The van der Waals surface area contributed by atoms with Crippen LogP contribution < -0.4 is 10.6 Å². The minimum Gasteiger partial charge on any atom is -0.383 e. The molecule has 0 atom stereocenters. The average molecular weight is 240 g/mol. The Kier molecular flexibility index (Phi) is 2.63. The van der Waals surface area contributed by atoms with Crippen LogP contribution in [0.15, 0.2) is 30.6 Å². The first-order chi connectivity index (χ1) is 8.74. The quantitative estimate of drug-likeness (QED) is 0.827. The number of anilines is 2. The summed E-state index contributed by atoms with van der Waals surface area (Å²) < 4.78 is 0. The zero-order valence-electron chi connectivity index (χ0n) is 10.4. The van der Waals surface area contributed by atoms with Crippen LogP contribution in [-0.4, -0.2) is 16.5 Å². The van der Waals surface area contributed by atoms with Crippen LogP contribution in [0, 0.1) is 6.92 Å². The van der Waals surface area contributed by atoms with Crippen molar-refractivity contribution in [3.63, 3.8) is 0 Å². The molecule has 0 unspecified atom stereocenters. The molecule has 0 radical (unpaired) electrons. The van der Waals surface area contributed by atoms with Crippen molar-refractivity contribution in [1.29, 1.82) is 0 Å². The number of benzene rings is 1. The molecule has 2 heterocycles. The van der Waals surface area contributed by atoms with Crippen LogP contribution in [0.1, 0.15) is 16.8 Å². The summed E-state index contributed by atoms with van der Waals surface area (Å²) in [5.74, 6) is 0.609. The second kappa shape index (κ2) is 4.29. The van der Waals surface area contributed by atoms with E-state index in [9.17, 15) is 0 Å². The van der Waals surface area contributed by atoms with Gasteiger partial charge >= 0.3 is 0 Å². The van der Waals surface area contributed by atoms with E-state index in [0.717, 1.165) is 30.8 Å². The first-order valence-electron chi connectivity index (χ1n) is 6.14. The molecule has 0 spiro atoms. The Morgan fingerprint density at radius 1 is 1.28 bits per heavy atom. The summed E-state index contributed by atoms with van der Waals surface area (Å²) in [4.78, 5) is 10.7. The van der Waals surface area contributed by atoms with Crippen molar-refractivity contribution in [2.45, 2.75) is 19.9 Å². The van der Waals surface area contributed by atoms with Crippen LogP contribution in [0.4, 0.5) is 11.5 Å². The van der Waals surface area contributed by atoms with Gasteiger partial charge in [0.15, 0.2) is 0 Å². The van der Waals surface area contributed by atoms with E-state index >= 15 is 0 Å². The first kappa shape index (κ1) is 11.0. The van der Waals surface area contributed by atoms with E-state index in [-0.39, 0.29) is 0 Å². The number of rotatable bonds is 1. The van der Waals surface area contributed by atoms with Crippen LogP contribution in [0.2, 0.25) is 0 Å². The molecule has 0 saturated heterocycles. The Hall–Kier alpha value is -2.10. The summed E-state index contributed by atoms with van der Waals surface area (Å²) in [7, 11) is 0. The second-order valence-electron chi connectivity index (χ2n) is 4.69. The first-order valence-corrected chi connectivity index (χ1v) is 6.14. The Balaban J connectivity index is 1.93. The van der Waals surface area contributed by atoms with Crippen LogP contribution in [0.25, 0.3) is 0 Å². The summed E-state index contributed by atoms with van der Waals surface area (Å²) >= 11 is 0. The zero-order valence-corrected chi connectivity index (χ0v) is 10.4. The van der Waals surface area contributed by atoms with E-state index in [1.807, 2.05) is 0 Å². The van der Waals surface area contributed by atoms with Gasteiger partial charge in [0.1, 0.15) is 12.1 Å². The van der Waals surface area contributed by atoms with E-state index in [2.05, 4.69) is 46.1 Å². The lowest BCUT2D eigenvalue weighted by Crippen LogP contribution is -2.31. The highest BCUT2D eigenvalue weighted by Gasteiger charge is 2.20. The Morgan fingerprint density at radius 3 is 3.00 bits per heavy atom. The van der Waals surface area contributed by atoms with Gasteiger partial charge in [-0.2, -0.15) is 0 Å². The Labute approximate surface area is 106 Å².